The van der Waals surface area contributed by atoms with Gasteiger partial charge in [0.1, 0.15) is 11.8 Å². The van der Waals surface area contributed by atoms with Crippen molar-refractivity contribution in [2.45, 2.75) is 18.3 Å². The largest absolute Gasteiger partial charge is 0.497 e. The van der Waals surface area contributed by atoms with Crippen molar-refractivity contribution >= 4 is 11.4 Å². The first-order valence-electron chi connectivity index (χ1n) is 9.05. The van der Waals surface area contributed by atoms with Crippen LogP contribution in [0.2, 0.25) is 0 Å². The minimum Gasteiger partial charge on any atom is -0.497 e. The van der Waals surface area contributed by atoms with Gasteiger partial charge < -0.3 is 15.2 Å². The van der Waals surface area contributed by atoms with Crippen LogP contribution in [0.15, 0.2) is 71.2 Å². The van der Waals surface area contributed by atoms with Crippen molar-refractivity contribution in [2.75, 3.05) is 12.1 Å². The van der Waals surface area contributed by atoms with E-state index in [0.717, 1.165) is 0 Å². The van der Waals surface area contributed by atoms with E-state index < -0.39 is 30.0 Å². The average molecular weight is 414 g/mol. The van der Waals surface area contributed by atoms with Crippen molar-refractivity contribution in [2.24, 2.45) is 16.8 Å². The average Bonchev–Trinajstić information content (AvgIpc) is 3.13. The fourth-order valence-electron chi connectivity index (χ4n) is 3.84. The number of benzene rings is 2. The third-order valence-electron chi connectivity index (χ3n) is 5.17. The van der Waals surface area contributed by atoms with E-state index in [-0.39, 0.29) is 11.5 Å². The molecule has 9 heteroatoms. The highest BCUT2D eigenvalue weighted by atomic mass is 19.4. The zero-order valence-corrected chi connectivity index (χ0v) is 15.8. The lowest BCUT2D eigenvalue weighted by Gasteiger charge is -2.37. The molecule has 0 saturated heterocycles. The van der Waals surface area contributed by atoms with Crippen LogP contribution < -0.4 is 15.5 Å². The van der Waals surface area contributed by atoms with Gasteiger partial charge in [-0.2, -0.15) is 23.5 Å². The molecule has 0 bridgehead atoms. The molecule has 0 amide bonds. The van der Waals surface area contributed by atoms with Crippen molar-refractivity contribution < 1.29 is 22.6 Å². The normalized spacial score (nSPS) is 23.4. The van der Waals surface area contributed by atoms with E-state index in [2.05, 4.69) is 5.10 Å². The maximum atomic E-state index is 14.0. The number of nitriles is 1. The molecule has 0 aromatic heterocycles. The number of alkyl halides is 3. The van der Waals surface area contributed by atoms with E-state index in [1.165, 1.54) is 12.1 Å². The Kier molecular flexibility index (Phi) is 4.78. The summed E-state index contributed by atoms with van der Waals surface area (Å²) in [7, 11) is 1.49. The van der Waals surface area contributed by atoms with Crippen LogP contribution in [0, 0.1) is 17.2 Å². The van der Waals surface area contributed by atoms with Gasteiger partial charge in [0.25, 0.3) is 0 Å². The van der Waals surface area contributed by atoms with Crippen LogP contribution in [0.4, 0.5) is 18.9 Å². The highest BCUT2D eigenvalue weighted by Gasteiger charge is 2.57. The zero-order chi connectivity index (χ0) is 21.5. The SMILES string of the molecule is COc1ccc([C@H]2C(C#N)=C(N)O[C@H]3[C@H]2C(C(F)(F)F)=NN3c2ccccc2)cc1. The van der Waals surface area contributed by atoms with Crippen LogP contribution >= 0.6 is 0 Å². The predicted octanol–water partition coefficient (Wildman–Crippen LogP) is 3.88. The van der Waals surface area contributed by atoms with Crippen molar-refractivity contribution in [3.63, 3.8) is 0 Å². The second-order valence-electron chi connectivity index (χ2n) is 6.84. The number of anilines is 1. The fraction of sp³-hybridized carbons (Fsp3) is 0.238. The number of ether oxygens (including phenoxy) is 2. The first-order valence-corrected chi connectivity index (χ1v) is 9.05. The number of halogens is 3. The number of hydrogen-bond donors (Lipinski definition) is 1. The van der Waals surface area contributed by atoms with E-state index in [4.69, 9.17) is 15.2 Å². The fourth-order valence-corrected chi connectivity index (χ4v) is 3.84. The summed E-state index contributed by atoms with van der Waals surface area (Å²) in [6, 6.07) is 16.8. The minimum atomic E-state index is -4.72. The Morgan fingerprint density at radius 3 is 2.37 bits per heavy atom. The summed E-state index contributed by atoms with van der Waals surface area (Å²) in [5.74, 6) is -1.92. The monoisotopic (exact) mass is 414 g/mol. The number of nitrogens with two attached hydrogens (primary N) is 1. The highest BCUT2D eigenvalue weighted by molar-refractivity contribution is 5.96. The Morgan fingerprint density at radius 1 is 1.13 bits per heavy atom. The van der Waals surface area contributed by atoms with Crippen molar-refractivity contribution in [3.8, 4) is 11.8 Å². The van der Waals surface area contributed by atoms with Crippen LogP contribution in [0.5, 0.6) is 5.75 Å². The van der Waals surface area contributed by atoms with E-state index in [1.807, 2.05) is 6.07 Å². The molecule has 2 heterocycles. The second-order valence-corrected chi connectivity index (χ2v) is 6.84. The van der Waals surface area contributed by atoms with Gasteiger partial charge in [0.2, 0.25) is 12.1 Å². The predicted molar refractivity (Wildman–Crippen MR) is 103 cm³/mol. The summed E-state index contributed by atoms with van der Waals surface area (Å²) in [6.07, 6.45) is -5.86. The van der Waals surface area contributed by atoms with Crippen molar-refractivity contribution in [1.29, 1.82) is 5.26 Å². The van der Waals surface area contributed by atoms with Gasteiger partial charge in [-0.3, -0.25) is 0 Å². The summed E-state index contributed by atoms with van der Waals surface area (Å²) < 4.78 is 52.7. The molecule has 2 aromatic rings. The number of para-hydroxylation sites is 1. The second kappa shape index (κ2) is 7.30. The molecule has 154 valence electrons. The Balaban J connectivity index is 1.88. The summed E-state index contributed by atoms with van der Waals surface area (Å²) in [5, 5.41) is 14.7. The van der Waals surface area contributed by atoms with Crippen LogP contribution in [-0.4, -0.2) is 25.2 Å². The number of fused-ring (bicyclic) bond motifs is 1. The zero-order valence-electron chi connectivity index (χ0n) is 15.8. The summed E-state index contributed by atoms with van der Waals surface area (Å²) >= 11 is 0. The maximum Gasteiger partial charge on any atom is 0.431 e. The number of allylic oxidation sites excluding steroid dienone is 1. The molecule has 0 aliphatic carbocycles. The van der Waals surface area contributed by atoms with Gasteiger partial charge in [-0.15, -0.1) is 0 Å². The minimum absolute atomic E-state index is 0.0618. The van der Waals surface area contributed by atoms with Gasteiger partial charge in [-0.25, -0.2) is 5.01 Å². The van der Waals surface area contributed by atoms with Crippen LogP contribution in [0.1, 0.15) is 11.5 Å². The summed E-state index contributed by atoms with van der Waals surface area (Å²) in [5.41, 5.74) is 5.81. The molecule has 0 spiro atoms. The molecule has 4 rings (SSSR count). The van der Waals surface area contributed by atoms with Gasteiger partial charge in [-0.05, 0) is 29.8 Å². The first kappa shape index (κ1) is 19.6. The first-order chi connectivity index (χ1) is 14.3. The Hall–Kier alpha value is -3.67. The molecule has 0 fully saturated rings. The molecule has 0 radical (unpaired) electrons. The molecule has 0 saturated carbocycles. The Labute approximate surface area is 170 Å². The number of methoxy groups -OCH3 is 1. The van der Waals surface area contributed by atoms with Crippen LogP contribution in [-0.2, 0) is 4.74 Å². The topological polar surface area (TPSA) is 83.9 Å². The van der Waals surface area contributed by atoms with E-state index in [0.29, 0.717) is 17.0 Å². The maximum absolute atomic E-state index is 14.0. The lowest BCUT2D eigenvalue weighted by atomic mass is 9.76. The van der Waals surface area contributed by atoms with Crippen molar-refractivity contribution in [1.82, 2.24) is 0 Å². The van der Waals surface area contributed by atoms with Gasteiger partial charge in [0.15, 0.2) is 5.71 Å². The number of nitrogens with zero attached hydrogens (tertiary/aromatic N) is 3. The Bertz CT molecular complexity index is 1040. The number of hydrazone groups is 1. The third kappa shape index (κ3) is 3.20. The highest BCUT2D eigenvalue weighted by Crippen LogP contribution is 2.48. The van der Waals surface area contributed by atoms with E-state index in [9.17, 15) is 18.4 Å². The molecule has 2 aliphatic rings. The molecular weight excluding hydrogens is 397 g/mol. The number of rotatable bonds is 3. The lowest BCUT2D eigenvalue weighted by Crippen LogP contribution is -2.46. The molecular formula is C21H17F3N4O2. The molecule has 2 N–H and O–H groups in total. The van der Waals surface area contributed by atoms with E-state index >= 15 is 0 Å². The smallest absolute Gasteiger partial charge is 0.431 e. The van der Waals surface area contributed by atoms with Gasteiger partial charge >= 0.3 is 6.18 Å². The van der Waals surface area contributed by atoms with Crippen LogP contribution in [0.3, 0.4) is 0 Å². The molecule has 3 atom stereocenters. The van der Waals surface area contributed by atoms with Crippen molar-refractivity contribution in [3.05, 3.63) is 71.6 Å². The third-order valence-corrected chi connectivity index (χ3v) is 5.17. The molecule has 6 nitrogen and oxygen atoms in total. The number of hydrogen-bond acceptors (Lipinski definition) is 6. The standard InChI is InChI=1S/C21H17F3N4O2/c1-29-14-9-7-12(8-10-14)16-15(11-25)19(26)30-20-17(16)18(21(22,23)24)27-28(20)13-5-3-2-4-6-13/h2-10,16-17,20H,26H2,1H3/t16-,17+,20-/m0/s1. The molecule has 2 aromatic carbocycles. The lowest BCUT2D eigenvalue weighted by molar-refractivity contribution is -0.0658. The van der Waals surface area contributed by atoms with Gasteiger partial charge in [-0.1, -0.05) is 30.3 Å². The molecule has 30 heavy (non-hydrogen) atoms. The van der Waals surface area contributed by atoms with E-state index in [1.54, 1.807) is 54.6 Å². The summed E-state index contributed by atoms with van der Waals surface area (Å²) in [4.78, 5) is 0. The quantitative estimate of drug-likeness (QED) is 0.824. The molecule has 2 aliphatic heterocycles. The summed E-state index contributed by atoms with van der Waals surface area (Å²) in [6.45, 7) is 0. The van der Waals surface area contributed by atoms with Gasteiger partial charge in [0, 0.05) is 5.92 Å². The molecule has 0 unspecified atom stereocenters. The van der Waals surface area contributed by atoms with Gasteiger partial charge in [0.05, 0.1) is 24.3 Å². The van der Waals surface area contributed by atoms with Crippen LogP contribution in [0.25, 0.3) is 0 Å². The Morgan fingerprint density at radius 2 is 1.80 bits per heavy atom.